The molecule has 0 N–H and O–H groups in total. The molecule has 2 aromatic carbocycles. The Hall–Kier alpha value is -2.47. The van der Waals surface area contributed by atoms with E-state index in [-0.39, 0.29) is 24.1 Å². The van der Waals surface area contributed by atoms with Gasteiger partial charge in [-0.3, -0.25) is 14.2 Å². The molecule has 3 rings (SSSR count). The fraction of sp³-hybridized carbons (Fsp3) is 0.286. The molecule has 0 aliphatic carbocycles. The number of aromatic nitrogens is 2. The van der Waals surface area contributed by atoms with Crippen LogP contribution in [0.4, 0.5) is 0 Å². The van der Waals surface area contributed by atoms with E-state index in [1.165, 1.54) is 10.9 Å². The minimum absolute atomic E-state index is 0.0224. The molecule has 0 spiro atoms. The number of fused-ring (bicyclic) bond motifs is 1. The molecule has 1 heterocycles. The summed E-state index contributed by atoms with van der Waals surface area (Å²) in [5, 5.41) is 0.498. The van der Waals surface area contributed by atoms with Crippen LogP contribution in [0, 0.1) is 0 Å². The zero-order chi connectivity index (χ0) is 19.4. The first-order valence-electron chi connectivity index (χ1n) is 8.97. The number of carbonyl (C=O) groups is 1. The predicted molar refractivity (Wildman–Crippen MR) is 110 cm³/mol. The second-order valence-corrected chi connectivity index (χ2v) is 7.52. The lowest BCUT2D eigenvalue weighted by Gasteiger charge is -2.29. The van der Waals surface area contributed by atoms with E-state index in [9.17, 15) is 9.59 Å². The van der Waals surface area contributed by atoms with Gasteiger partial charge in [-0.1, -0.05) is 53.2 Å². The molecule has 3 aromatic rings. The molecule has 27 heavy (non-hydrogen) atoms. The van der Waals surface area contributed by atoms with Gasteiger partial charge in [-0.25, -0.2) is 4.98 Å². The van der Waals surface area contributed by atoms with Gasteiger partial charge in [0, 0.05) is 17.1 Å². The Morgan fingerprint density at radius 1 is 1.22 bits per heavy atom. The van der Waals surface area contributed by atoms with Crippen molar-refractivity contribution in [3.63, 3.8) is 0 Å². The summed E-state index contributed by atoms with van der Waals surface area (Å²) in [4.78, 5) is 31.9. The van der Waals surface area contributed by atoms with Crippen LogP contribution in [0.25, 0.3) is 10.9 Å². The Morgan fingerprint density at radius 3 is 2.67 bits per heavy atom. The largest absolute Gasteiger partial charge is 0.334 e. The van der Waals surface area contributed by atoms with Gasteiger partial charge in [-0.05, 0) is 37.1 Å². The van der Waals surface area contributed by atoms with Gasteiger partial charge in [0.25, 0.3) is 5.56 Å². The molecule has 0 aliphatic rings. The number of nitrogens with zero attached hydrogens (tertiary/aromatic N) is 3. The third kappa shape index (κ3) is 4.45. The van der Waals surface area contributed by atoms with Crippen LogP contribution in [-0.4, -0.2) is 26.4 Å². The summed E-state index contributed by atoms with van der Waals surface area (Å²) in [5.41, 5.74) is 1.48. The highest BCUT2D eigenvalue weighted by Crippen LogP contribution is 2.15. The number of benzene rings is 2. The van der Waals surface area contributed by atoms with Crippen molar-refractivity contribution in [3.05, 3.63) is 75.2 Å². The molecule has 1 amide bonds. The fourth-order valence-corrected chi connectivity index (χ4v) is 3.33. The van der Waals surface area contributed by atoms with Crippen LogP contribution in [-0.2, 0) is 17.9 Å². The van der Waals surface area contributed by atoms with Crippen LogP contribution in [0.2, 0.25) is 0 Å². The van der Waals surface area contributed by atoms with Crippen molar-refractivity contribution < 1.29 is 4.79 Å². The molecule has 1 aromatic heterocycles. The molecule has 0 saturated carbocycles. The summed E-state index contributed by atoms with van der Waals surface area (Å²) < 4.78 is 2.19. The Labute approximate surface area is 166 Å². The monoisotopic (exact) mass is 427 g/mol. The lowest BCUT2D eigenvalue weighted by atomic mass is 10.1. The normalized spacial score (nSPS) is 12.1. The fourth-order valence-electron chi connectivity index (χ4n) is 2.97. The maximum Gasteiger partial charge on any atom is 0.261 e. The van der Waals surface area contributed by atoms with Crippen LogP contribution >= 0.6 is 15.9 Å². The van der Waals surface area contributed by atoms with Crippen molar-refractivity contribution in [3.8, 4) is 0 Å². The summed E-state index contributed by atoms with van der Waals surface area (Å²) in [7, 11) is 0. The maximum absolute atomic E-state index is 13.0. The Balaban J connectivity index is 1.88. The second kappa shape index (κ2) is 8.48. The van der Waals surface area contributed by atoms with E-state index in [2.05, 4.69) is 27.8 Å². The quantitative estimate of drug-likeness (QED) is 0.597. The summed E-state index contributed by atoms with van der Waals surface area (Å²) >= 11 is 3.38. The van der Waals surface area contributed by atoms with Crippen molar-refractivity contribution in [2.45, 2.75) is 39.4 Å². The SMILES string of the molecule is CC[C@H](C)N(Cc1ccccc1)C(=O)Cn1cnc2ccc(Br)cc2c1=O. The molecular weight excluding hydrogens is 406 g/mol. The second-order valence-electron chi connectivity index (χ2n) is 6.60. The minimum atomic E-state index is -0.210. The van der Waals surface area contributed by atoms with Gasteiger partial charge >= 0.3 is 0 Å². The molecule has 0 unspecified atom stereocenters. The summed E-state index contributed by atoms with van der Waals surface area (Å²) in [6.07, 6.45) is 2.30. The Kier molecular flexibility index (Phi) is 6.06. The van der Waals surface area contributed by atoms with E-state index in [0.29, 0.717) is 17.4 Å². The molecule has 0 aliphatic heterocycles. The van der Waals surface area contributed by atoms with Crippen molar-refractivity contribution in [1.82, 2.24) is 14.5 Å². The first-order valence-corrected chi connectivity index (χ1v) is 9.77. The van der Waals surface area contributed by atoms with Gasteiger partial charge < -0.3 is 4.90 Å². The topological polar surface area (TPSA) is 55.2 Å². The minimum Gasteiger partial charge on any atom is -0.334 e. The van der Waals surface area contributed by atoms with Crippen LogP contribution in [0.15, 0.2) is 64.1 Å². The van der Waals surface area contributed by atoms with Gasteiger partial charge in [0.1, 0.15) is 6.54 Å². The van der Waals surface area contributed by atoms with E-state index >= 15 is 0 Å². The number of amides is 1. The van der Waals surface area contributed by atoms with E-state index < -0.39 is 0 Å². The first-order chi connectivity index (χ1) is 13.0. The molecule has 0 bridgehead atoms. The van der Waals surface area contributed by atoms with E-state index in [0.717, 1.165) is 16.5 Å². The Bertz CT molecular complexity index is 1000. The van der Waals surface area contributed by atoms with Gasteiger partial charge in [0.2, 0.25) is 5.91 Å². The van der Waals surface area contributed by atoms with Crippen LogP contribution in [0.1, 0.15) is 25.8 Å². The molecule has 6 heteroatoms. The molecule has 5 nitrogen and oxygen atoms in total. The number of rotatable bonds is 6. The summed E-state index contributed by atoms with van der Waals surface area (Å²) in [5.74, 6) is -0.0913. The molecule has 0 radical (unpaired) electrons. The zero-order valence-electron chi connectivity index (χ0n) is 15.4. The predicted octanol–water partition coefficient (Wildman–Crippen LogP) is 3.99. The number of hydrogen-bond donors (Lipinski definition) is 0. The number of hydrogen-bond acceptors (Lipinski definition) is 3. The highest BCUT2D eigenvalue weighted by Gasteiger charge is 2.20. The molecule has 0 fully saturated rings. The lowest BCUT2D eigenvalue weighted by molar-refractivity contribution is -0.134. The lowest BCUT2D eigenvalue weighted by Crippen LogP contribution is -2.41. The third-order valence-electron chi connectivity index (χ3n) is 4.73. The molecule has 140 valence electrons. The van der Waals surface area contributed by atoms with Crippen molar-refractivity contribution >= 4 is 32.7 Å². The van der Waals surface area contributed by atoms with Gasteiger partial charge in [-0.15, -0.1) is 0 Å². The van der Waals surface area contributed by atoms with Gasteiger partial charge in [0.15, 0.2) is 0 Å². The Morgan fingerprint density at radius 2 is 1.96 bits per heavy atom. The molecular formula is C21H22BrN3O2. The average Bonchev–Trinajstić information content (AvgIpc) is 2.68. The zero-order valence-corrected chi connectivity index (χ0v) is 17.0. The van der Waals surface area contributed by atoms with E-state index in [4.69, 9.17) is 0 Å². The standard InChI is InChI=1S/C21H22BrN3O2/c1-3-15(2)25(12-16-7-5-4-6-8-16)20(26)13-24-14-23-19-10-9-17(22)11-18(19)21(24)27/h4-11,14-15H,3,12-13H2,1-2H3/t15-/m0/s1. The molecule has 0 saturated heterocycles. The van der Waals surface area contributed by atoms with E-state index in [1.54, 1.807) is 12.1 Å². The third-order valence-corrected chi connectivity index (χ3v) is 5.22. The summed E-state index contributed by atoms with van der Waals surface area (Å²) in [6.45, 7) is 4.58. The van der Waals surface area contributed by atoms with Crippen molar-refractivity contribution in [2.24, 2.45) is 0 Å². The van der Waals surface area contributed by atoms with Gasteiger partial charge in [0.05, 0.1) is 17.2 Å². The van der Waals surface area contributed by atoms with Gasteiger partial charge in [-0.2, -0.15) is 0 Å². The smallest absolute Gasteiger partial charge is 0.261 e. The first kappa shape index (κ1) is 19.3. The average molecular weight is 428 g/mol. The van der Waals surface area contributed by atoms with E-state index in [1.807, 2.05) is 48.2 Å². The number of halogens is 1. The summed E-state index contributed by atoms with van der Waals surface area (Å²) in [6, 6.07) is 15.3. The van der Waals surface area contributed by atoms with Crippen LogP contribution in [0.3, 0.4) is 0 Å². The highest BCUT2D eigenvalue weighted by atomic mass is 79.9. The molecule has 1 atom stereocenters. The van der Waals surface area contributed by atoms with Crippen molar-refractivity contribution in [2.75, 3.05) is 0 Å². The maximum atomic E-state index is 13.0. The van der Waals surface area contributed by atoms with Crippen LogP contribution in [0.5, 0.6) is 0 Å². The highest BCUT2D eigenvalue weighted by molar-refractivity contribution is 9.10. The van der Waals surface area contributed by atoms with Crippen LogP contribution < -0.4 is 5.56 Å². The number of carbonyl (C=O) groups excluding carboxylic acids is 1. The van der Waals surface area contributed by atoms with Crippen molar-refractivity contribution in [1.29, 1.82) is 0 Å².